The van der Waals surface area contributed by atoms with E-state index in [2.05, 4.69) is 0 Å². The van der Waals surface area contributed by atoms with Crippen LogP contribution >= 0.6 is 0 Å². The number of hydrogen-bond acceptors (Lipinski definition) is 6. The van der Waals surface area contributed by atoms with Crippen LogP contribution in [0.3, 0.4) is 0 Å². The minimum atomic E-state index is -0.990. The quantitative estimate of drug-likeness (QED) is 0.161. The molecule has 1 heterocycles. The van der Waals surface area contributed by atoms with Crippen LogP contribution in [0.5, 0.6) is 0 Å². The van der Waals surface area contributed by atoms with E-state index in [0.717, 1.165) is 22.3 Å². The van der Waals surface area contributed by atoms with Crippen molar-refractivity contribution in [2.24, 2.45) is 0 Å². The number of rotatable bonds is 15. The summed E-state index contributed by atoms with van der Waals surface area (Å²) in [6, 6.07) is 40.4. The molecule has 232 valence electrons. The molecule has 6 nitrogen and oxygen atoms in total. The van der Waals surface area contributed by atoms with Gasteiger partial charge in [-0.2, -0.15) is 0 Å². The molecule has 1 saturated heterocycles. The third-order valence-corrected chi connectivity index (χ3v) is 7.68. The Morgan fingerprint density at radius 2 is 0.886 bits per heavy atom. The zero-order chi connectivity index (χ0) is 30.6. The van der Waals surface area contributed by atoms with E-state index in [1.165, 1.54) is 0 Å². The molecule has 0 bridgehead atoms. The lowest BCUT2D eigenvalue weighted by Gasteiger charge is -2.47. The first-order chi connectivity index (χ1) is 21.4. The van der Waals surface area contributed by atoms with E-state index in [0.29, 0.717) is 39.5 Å². The molecule has 0 aliphatic carbocycles. The molecule has 1 aliphatic rings. The van der Waals surface area contributed by atoms with Gasteiger partial charge >= 0.3 is 0 Å². The molecule has 0 spiro atoms. The Morgan fingerprint density at radius 1 is 0.523 bits per heavy atom. The van der Waals surface area contributed by atoms with Gasteiger partial charge in [0.25, 0.3) is 0 Å². The van der Waals surface area contributed by atoms with Crippen molar-refractivity contribution in [2.45, 2.75) is 82.8 Å². The average Bonchev–Trinajstić information content (AvgIpc) is 3.04. The number of aliphatic hydroxyl groups is 1. The molecule has 0 amide bonds. The fraction of sp³-hybridized carbons (Fsp3) is 0.368. The van der Waals surface area contributed by atoms with Crippen LogP contribution in [-0.2, 0) is 50.1 Å². The Morgan fingerprint density at radius 3 is 1.30 bits per heavy atom. The van der Waals surface area contributed by atoms with Gasteiger partial charge in [-0.1, -0.05) is 121 Å². The van der Waals surface area contributed by atoms with Gasteiger partial charge in [0, 0.05) is 6.42 Å². The van der Waals surface area contributed by atoms with Crippen molar-refractivity contribution < 1.29 is 28.8 Å². The maximum atomic E-state index is 11.0. The molecule has 4 aromatic carbocycles. The summed E-state index contributed by atoms with van der Waals surface area (Å²) < 4.78 is 33.1. The lowest BCUT2D eigenvalue weighted by molar-refractivity contribution is -0.278. The van der Waals surface area contributed by atoms with E-state index in [1.807, 2.05) is 121 Å². The second kappa shape index (κ2) is 16.1. The average molecular weight is 597 g/mol. The van der Waals surface area contributed by atoms with Gasteiger partial charge in [0.15, 0.2) is 0 Å². The predicted molar refractivity (Wildman–Crippen MR) is 171 cm³/mol. The highest BCUT2D eigenvalue weighted by Crippen LogP contribution is 2.34. The first kappa shape index (κ1) is 32.0. The molecule has 4 aromatic rings. The normalized spacial score (nSPS) is 22.1. The lowest BCUT2D eigenvalue weighted by Crippen LogP contribution is -2.62. The van der Waals surface area contributed by atoms with Gasteiger partial charge in [-0.05, 0) is 36.1 Å². The molecule has 6 heteroatoms. The largest absolute Gasteiger partial charge is 0.390 e. The summed E-state index contributed by atoms with van der Waals surface area (Å²) in [5, 5.41) is 11.0. The molecule has 1 aliphatic heterocycles. The van der Waals surface area contributed by atoms with Crippen LogP contribution in [0.15, 0.2) is 121 Å². The van der Waals surface area contributed by atoms with Crippen molar-refractivity contribution >= 4 is 0 Å². The second-order valence-corrected chi connectivity index (χ2v) is 12.0. The van der Waals surface area contributed by atoms with Crippen molar-refractivity contribution in [1.29, 1.82) is 0 Å². The summed E-state index contributed by atoms with van der Waals surface area (Å²) in [4.78, 5) is 0. The van der Waals surface area contributed by atoms with Crippen LogP contribution in [0.25, 0.3) is 0 Å². The third-order valence-electron chi connectivity index (χ3n) is 7.68. The number of benzene rings is 4. The van der Waals surface area contributed by atoms with E-state index < -0.39 is 36.1 Å². The van der Waals surface area contributed by atoms with Gasteiger partial charge in [-0.3, -0.25) is 0 Å². The van der Waals surface area contributed by atoms with Crippen LogP contribution < -0.4 is 0 Å². The number of hydrogen-bond donors (Lipinski definition) is 1. The maximum absolute atomic E-state index is 11.0. The molecule has 5 unspecified atom stereocenters. The summed E-state index contributed by atoms with van der Waals surface area (Å²) in [6.07, 6.45) is -2.04. The van der Waals surface area contributed by atoms with Crippen molar-refractivity contribution in [3.63, 3.8) is 0 Å². The van der Waals surface area contributed by atoms with Crippen LogP contribution in [0.2, 0.25) is 0 Å². The summed E-state index contributed by atoms with van der Waals surface area (Å²) in [5.74, 6) is 0. The molecule has 0 aromatic heterocycles. The summed E-state index contributed by atoms with van der Waals surface area (Å²) >= 11 is 0. The summed E-state index contributed by atoms with van der Waals surface area (Å²) in [7, 11) is 0. The lowest BCUT2D eigenvalue weighted by atomic mass is 9.88. The van der Waals surface area contributed by atoms with E-state index in [-0.39, 0.29) is 0 Å². The van der Waals surface area contributed by atoms with E-state index in [4.69, 9.17) is 23.7 Å². The van der Waals surface area contributed by atoms with Crippen molar-refractivity contribution in [1.82, 2.24) is 0 Å². The molecule has 1 fully saturated rings. The third kappa shape index (κ3) is 9.83. The molecule has 5 atom stereocenters. The Labute approximate surface area is 261 Å². The summed E-state index contributed by atoms with van der Waals surface area (Å²) in [6.45, 7) is 5.49. The Kier molecular flexibility index (Phi) is 11.7. The van der Waals surface area contributed by atoms with Crippen LogP contribution in [0, 0.1) is 0 Å². The van der Waals surface area contributed by atoms with Crippen molar-refractivity contribution in [3.8, 4) is 0 Å². The molecule has 5 rings (SSSR count). The van der Waals surface area contributed by atoms with Crippen LogP contribution in [0.1, 0.15) is 42.5 Å². The van der Waals surface area contributed by atoms with Crippen molar-refractivity contribution in [2.75, 3.05) is 6.61 Å². The van der Waals surface area contributed by atoms with Crippen LogP contribution in [-0.4, -0.2) is 47.8 Å². The first-order valence-corrected chi connectivity index (χ1v) is 15.4. The maximum Gasteiger partial charge on any atom is 0.115 e. The van der Waals surface area contributed by atoms with Gasteiger partial charge in [-0.15, -0.1) is 0 Å². The highest BCUT2D eigenvalue weighted by Gasteiger charge is 2.49. The first-order valence-electron chi connectivity index (χ1n) is 15.4. The number of ether oxygens (including phenoxy) is 5. The van der Waals surface area contributed by atoms with Gasteiger partial charge in [0.2, 0.25) is 0 Å². The zero-order valence-electron chi connectivity index (χ0n) is 25.7. The zero-order valence-corrected chi connectivity index (χ0v) is 25.7. The molecule has 0 saturated carbocycles. The molecular formula is C38H44O6. The fourth-order valence-electron chi connectivity index (χ4n) is 5.54. The van der Waals surface area contributed by atoms with Gasteiger partial charge < -0.3 is 28.8 Å². The smallest absolute Gasteiger partial charge is 0.115 e. The van der Waals surface area contributed by atoms with Gasteiger partial charge in [0.05, 0.1) is 44.7 Å². The summed E-state index contributed by atoms with van der Waals surface area (Å²) in [5.41, 5.74) is 3.25. The molecule has 1 N–H and O–H groups in total. The topological polar surface area (TPSA) is 66.4 Å². The van der Waals surface area contributed by atoms with E-state index in [1.54, 1.807) is 13.8 Å². The minimum absolute atomic E-state index is 0.299. The Hall–Kier alpha value is -3.36. The van der Waals surface area contributed by atoms with Crippen molar-refractivity contribution in [3.05, 3.63) is 144 Å². The Balaban J connectivity index is 1.44. The Bertz CT molecular complexity index is 1340. The van der Waals surface area contributed by atoms with E-state index >= 15 is 0 Å². The van der Waals surface area contributed by atoms with Gasteiger partial charge in [0.1, 0.15) is 24.4 Å². The molecular weight excluding hydrogens is 552 g/mol. The van der Waals surface area contributed by atoms with Crippen LogP contribution in [0.4, 0.5) is 0 Å². The van der Waals surface area contributed by atoms with E-state index in [9.17, 15) is 5.11 Å². The second-order valence-electron chi connectivity index (χ2n) is 12.0. The highest BCUT2D eigenvalue weighted by molar-refractivity contribution is 5.16. The fourth-order valence-corrected chi connectivity index (χ4v) is 5.54. The molecule has 0 radical (unpaired) electrons. The molecule has 44 heavy (non-hydrogen) atoms. The van der Waals surface area contributed by atoms with Gasteiger partial charge in [-0.25, -0.2) is 0 Å². The minimum Gasteiger partial charge on any atom is -0.390 e. The highest BCUT2D eigenvalue weighted by atomic mass is 16.6. The monoisotopic (exact) mass is 596 g/mol. The predicted octanol–water partition coefficient (Wildman–Crippen LogP) is 6.89. The SMILES string of the molecule is CC(C)(O)CC1OC(COCc2ccccc2)C(OCc2ccccc2)C(OCc2ccccc2)C1OCc1ccccc1. The standard InChI is InChI=1S/C38H44O6/c1-38(2,39)23-33-35(41-25-30-17-9-4-10-18-30)37(43-27-32-21-13-6-14-22-32)36(42-26-31-19-11-5-12-20-31)34(44-33)28-40-24-29-15-7-3-8-16-29/h3-22,33-37,39H,23-28H2,1-2H3.